The summed E-state index contributed by atoms with van der Waals surface area (Å²) in [5.74, 6) is 1.16. The molecule has 0 aliphatic carbocycles. The third-order valence-corrected chi connectivity index (χ3v) is 4.93. The molecule has 140 valence electrons. The highest BCUT2D eigenvalue weighted by Gasteiger charge is 2.20. The van der Waals surface area contributed by atoms with Gasteiger partial charge in [-0.1, -0.05) is 36.0 Å². The van der Waals surface area contributed by atoms with E-state index in [-0.39, 0.29) is 5.91 Å². The van der Waals surface area contributed by atoms with E-state index in [0.717, 1.165) is 5.69 Å². The molecule has 0 spiro atoms. The molecule has 0 fully saturated rings. The standard InChI is InChI=1S/C19H20N4O3S/c1-13(18(24)21-14-8-4-6-10-16(14)25-2)27-19-22-20-12-23(19)15-9-5-7-11-17(15)26-3/h4-13H,1-3H3,(H,21,24). The number of rotatable bonds is 7. The van der Waals surface area contributed by atoms with Crippen LogP contribution < -0.4 is 14.8 Å². The second-order valence-corrected chi connectivity index (χ2v) is 6.91. The number of methoxy groups -OCH3 is 2. The highest BCUT2D eigenvalue weighted by atomic mass is 32.2. The van der Waals surface area contributed by atoms with E-state index < -0.39 is 5.25 Å². The van der Waals surface area contributed by atoms with Crippen LogP contribution in [0, 0.1) is 0 Å². The van der Waals surface area contributed by atoms with Crippen molar-refractivity contribution < 1.29 is 14.3 Å². The van der Waals surface area contributed by atoms with E-state index in [9.17, 15) is 4.79 Å². The fourth-order valence-electron chi connectivity index (χ4n) is 2.49. The smallest absolute Gasteiger partial charge is 0.237 e. The molecule has 0 radical (unpaired) electrons. The van der Waals surface area contributed by atoms with E-state index in [1.54, 1.807) is 37.2 Å². The molecule has 0 bridgehead atoms. The van der Waals surface area contributed by atoms with Gasteiger partial charge in [0.05, 0.1) is 30.8 Å². The van der Waals surface area contributed by atoms with Crippen LogP contribution in [0.2, 0.25) is 0 Å². The largest absolute Gasteiger partial charge is 0.495 e. The molecule has 1 unspecified atom stereocenters. The number of carbonyl (C=O) groups is 1. The number of anilines is 1. The second-order valence-electron chi connectivity index (χ2n) is 5.60. The summed E-state index contributed by atoms with van der Waals surface area (Å²) in [6, 6.07) is 14.9. The SMILES string of the molecule is COc1ccccc1NC(=O)C(C)Sc1nncn1-c1ccccc1OC. The molecule has 3 aromatic rings. The Kier molecular flexibility index (Phi) is 5.97. The number of amides is 1. The van der Waals surface area contributed by atoms with E-state index in [1.807, 2.05) is 43.3 Å². The molecule has 1 N–H and O–H groups in total. The summed E-state index contributed by atoms with van der Waals surface area (Å²) in [6.45, 7) is 1.82. The maximum atomic E-state index is 12.6. The number of para-hydroxylation sites is 4. The number of hydrogen-bond donors (Lipinski definition) is 1. The molecule has 1 heterocycles. The lowest BCUT2D eigenvalue weighted by Gasteiger charge is -2.15. The number of hydrogen-bond acceptors (Lipinski definition) is 6. The minimum atomic E-state index is -0.396. The molecule has 8 heteroatoms. The van der Waals surface area contributed by atoms with Gasteiger partial charge in [-0.25, -0.2) is 0 Å². The summed E-state index contributed by atoms with van der Waals surface area (Å²) in [5.41, 5.74) is 1.44. The van der Waals surface area contributed by atoms with Crippen LogP contribution in [-0.2, 0) is 4.79 Å². The van der Waals surface area contributed by atoms with Gasteiger partial charge in [0.2, 0.25) is 5.91 Å². The maximum Gasteiger partial charge on any atom is 0.237 e. The van der Waals surface area contributed by atoms with Crippen molar-refractivity contribution in [2.24, 2.45) is 0 Å². The average molecular weight is 384 g/mol. The molecule has 27 heavy (non-hydrogen) atoms. The minimum Gasteiger partial charge on any atom is -0.495 e. The zero-order valence-electron chi connectivity index (χ0n) is 15.2. The first-order chi connectivity index (χ1) is 13.1. The Balaban J connectivity index is 1.76. The summed E-state index contributed by atoms with van der Waals surface area (Å²) in [7, 11) is 3.18. The van der Waals surface area contributed by atoms with E-state index in [4.69, 9.17) is 9.47 Å². The van der Waals surface area contributed by atoms with E-state index in [2.05, 4.69) is 15.5 Å². The van der Waals surface area contributed by atoms with Gasteiger partial charge in [0.1, 0.15) is 17.8 Å². The number of nitrogens with zero attached hydrogens (tertiary/aromatic N) is 3. The van der Waals surface area contributed by atoms with E-state index >= 15 is 0 Å². The highest BCUT2D eigenvalue weighted by molar-refractivity contribution is 8.00. The molecule has 1 aromatic heterocycles. The van der Waals surface area contributed by atoms with Gasteiger partial charge in [-0.05, 0) is 31.2 Å². The molecule has 0 saturated heterocycles. The van der Waals surface area contributed by atoms with Crippen LogP contribution >= 0.6 is 11.8 Å². The summed E-state index contributed by atoms with van der Waals surface area (Å²) < 4.78 is 12.5. The Hall–Kier alpha value is -3.00. The first kappa shape index (κ1) is 18.8. The van der Waals surface area contributed by atoms with Gasteiger partial charge < -0.3 is 14.8 Å². The molecule has 0 saturated carbocycles. The predicted octanol–water partition coefficient (Wildman–Crippen LogP) is 3.40. The highest BCUT2D eigenvalue weighted by Crippen LogP contribution is 2.30. The normalized spacial score (nSPS) is 11.7. The lowest BCUT2D eigenvalue weighted by molar-refractivity contribution is -0.115. The van der Waals surface area contributed by atoms with Gasteiger partial charge in [0.15, 0.2) is 5.16 Å². The number of aromatic nitrogens is 3. The van der Waals surface area contributed by atoms with Crippen LogP contribution in [0.15, 0.2) is 60.0 Å². The minimum absolute atomic E-state index is 0.154. The van der Waals surface area contributed by atoms with Gasteiger partial charge in [-0.3, -0.25) is 9.36 Å². The van der Waals surface area contributed by atoms with Gasteiger partial charge >= 0.3 is 0 Å². The molecule has 1 atom stereocenters. The molecule has 0 aliphatic heterocycles. The van der Waals surface area contributed by atoms with Crippen LogP contribution in [0.1, 0.15) is 6.92 Å². The van der Waals surface area contributed by atoms with E-state index in [0.29, 0.717) is 22.3 Å². The molecule has 7 nitrogen and oxygen atoms in total. The van der Waals surface area contributed by atoms with Crippen LogP contribution in [-0.4, -0.2) is 40.1 Å². The quantitative estimate of drug-likeness (QED) is 0.629. The monoisotopic (exact) mass is 384 g/mol. The first-order valence-electron chi connectivity index (χ1n) is 8.28. The van der Waals surface area contributed by atoms with Gasteiger partial charge in [-0.2, -0.15) is 0 Å². The van der Waals surface area contributed by atoms with Gasteiger partial charge in [-0.15, -0.1) is 10.2 Å². The van der Waals surface area contributed by atoms with Gasteiger partial charge in [0.25, 0.3) is 0 Å². The van der Waals surface area contributed by atoms with Crippen molar-refractivity contribution in [3.8, 4) is 17.2 Å². The van der Waals surface area contributed by atoms with E-state index in [1.165, 1.54) is 11.8 Å². The number of carbonyl (C=O) groups excluding carboxylic acids is 1. The maximum absolute atomic E-state index is 12.6. The zero-order valence-corrected chi connectivity index (χ0v) is 16.1. The Morgan fingerprint density at radius 1 is 1.07 bits per heavy atom. The lowest BCUT2D eigenvalue weighted by atomic mass is 10.3. The Morgan fingerprint density at radius 3 is 2.48 bits per heavy atom. The van der Waals surface area contributed by atoms with Crippen molar-refractivity contribution in [1.82, 2.24) is 14.8 Å². The Labute approximate surface area is 161 Å². The molecule has 2 aromatic carbocycles. The average Bonchev–Trinajstić information content (AvgIpc) is 3.16. The molecular formula is C19H20N4O3S. The molecule has 0 aliphatic rings. The van der Waals surface area contributed by atoms with Crippen molar-refractivity contribution >= 4 is 23.4 Å². The van der Waals surface area contributed by atoms with Crippen LogP contribution in [0.4, 0.5) is 5.69 Å². The second kappa shape index (κ2) is 8.59. The van der Waals surface area contributed by atoms with Crippen LogP contribution in [0.25, 0.3) is 5.69 Å². The van der Waals surface area contributed by atoms with Crippen LogP contribution in [0.5, 0.6) is 11.5 Å². The summed E-state index contributed by atoms with van der Waals surface area (Å²) in [5, 5.41) is 11.2. The number of thioether (sulfide) groups is 1. The fourth-order valence-corrected chi connectivity index (χ4v) is 3.33. The van der Waals surface area contributed by atoms with Crippen molar-refractivity contribution in [3.05, 3.63) is 54.9 Å². The summed E-state index contributed by atoms with van der Waals surface area (Å²) >= 11 is 1.31. The van der Waals surface area contributed by atoms with Crippen molar-refractivity contribution in [2.75, 3.05) is 19.5 Å². The lowest BCUT2D eigenvalue weighted by Crippen LogP contribution is -2.23. The molecule has 3 rings (SSSR count). The number of nitrogens with one attached hydrogen (secondary N) is 1. The zero-order chi connectivity index (χ0) is 19.2. The van der Waals surface area contributed by atoms with Crippen LogP contribution in [0.3, 0.4) is 0 Å². The third-order valence-electron chi connectivity index (χ3n) is 3.88. The topological polar surface area (TPSA) is 78.3 Å². The van der Waals surface area contributed by atoms with Crippen molar-refractivity contribution in [1.29, 1.82) is 0 Å². The third kappa shape index (κ3) is 4.22. The van der Waals surface area contributed by atoms with Gasteiger partial charge in [0, 0.05) is 0 Å². The van der Waals surface area contributed by atoms with Crippen molar-refractivity contribution in [3.63, 3.8) is 0 Å². The Morgan fingerprint density at radius 2 is 1.74 bits per heavy atom. The molecule has 1 amide bonds. The predicted molar refractivity (Wildman–Crippen MR) is 105 cm³/mol. The number of benzene rings is 2. The molecular weight excluding hydrogens is 364 g/mol. The first-order valence-corrected chi connectivity index (χ1v) is 9.16. The Bertz CT molecular complexity index is 929. The summed E-state index contributed by atoms with van der Waals surface area (Å²) in [4.78, 5) is 12.6. The fraction of sp³-hybridized carbons (Fsp3) is 0.211. The summed E-state index contributed by atoms with van der Waals surface area (Å²) in [6.07, 6.45) is 1.60. The number of ether oxygens (including phenoxy) is 2. The van der Waals surface area contributed by atoms with Crippen molar-refractivity contribution in [2.45, 2.75) is 17.3 Å².